The maximum Gasteiger partial charge on any atom is 0.0249 e. The molecule has 0 aliphatic rings. The van der Waals surface area contributed by atoms with Crippen LogP contribution in [0.1, 0.15) is 40.5 Å². The van der Waals surface area contributed by atoms with Gasteiger partial charge in [-0.3, -0.25) is 0 Å². The molecule has 0 saturated heterocycles. The van der Waals surface area contributed by atoms with Crippen molar-refractivity contribution in [1.82, 2.24) is 0 Å². The Morgan fingerprint density at radius 1 is 1.27 bits per heavy atom. The minimum atomic E-state index is 0.658. The van der Waals surface area contributed by atoms with Gasteiger partial charge in [0.2, 0.25) is 0 Å². The first-order valence-electron chi connectivity index (χ1n) is 4.26. The lowest BCUT2D eigenvalue weighted by molar-refractivity contribution is 0.589. The van der Waals surface area contributed by atoms with Crippen LogP contribution in [0.15, 0.2) is 11.1 Å². The van der Waals surface area contributed by atoms with Crippen LogP contribution >= 0.6 is 11.6 Å². The molecule has 1 heteroatoms. The van der Waals surface area contributed by atoms with Gasteiger partial charge in [0.1, 0.15) is 0 Å². The summed E-state index contributed by atoms with van der Waals surface area (Å²) < 4.78 is 0. The average Bonchev–Trinajstić information content (AvgIpc) is 1.99. The monoisotopic (exact) mass is 174 g/mol. The second-order valence-corrected chi connectivity index (χ2v) is 3.89. The number of alkyl halides is 1. The maximum atomic E-state index is 5.70. The highest BCUT2D eigenvalue weighted by molar-refractivity contribution is 6.18. The van der Waals surface area contributed by atoms with E-state index < -0.39 is 0 Å². The summed E-state index contributed by atoms with van der Waals surface area (Å²) in [6.07, 6.45) is 2.43. The fraction of sp³-hybridized carbons (Fsp3) is 0.800. The van der Waals surface area contributed by atoms with E-state index in [0.29, 0.717) is 5.92 Å². The Bertz CT molecular complexity index is 132. The Labute approximate surface area is 75.6 Å². The topological polar surface area (TPSA) is 0 Å². The first kappa shape index (κ1) is 11.0. The lowest BCUT2D eigenvalue weighted by Crippen LogP contribution is -1.96. The summed E-state index contributed by atoms with van der Waals surface area (Å²) in [6, 6.07) is 0. The van der Waals surface area contributed by atoms with Crippen molar-refractivity contribution in [3.8, 4) is 0 Å². The molecule has 0 aliphatic carbocycles. The molecule has 66 valence electrons. The Morgan fingerprint density at radius 3 is 2.18 bits per heavy atom. The minimum Gasteiger partial charge on any atom is -0.126 e. The molecule has 0 aliphatic heterocycles. The van der Waals surface area contributed by atoms with E-state index in [4.69, 9.17) is 11.6 Å². The summed E-state index contributed by atoms with van der Waals surface area (Å²) in [6.45, 7) is 8.74. The van der Waals surface area contributed by atoms with E-state index in [1.165, 1.54) is 24.0 Å². The van der Waals surface area contributed by atoms with Crippen LogP contribution in [0.2, 0.25) is 0 Å². The highest BCUT2D eigenvalue weighted by atomic mass is 35.5. The first-order valence-corrected chi connectivity index (χ1v) is 4.80. The molecule has 0 radical (unpaired) electrons. The molecule has 0 bridgehead atoms. The third kappa shape index (κ3) is 5.32. The molecule has 0 amide bonds. The zero-order valence-electron chi connectivity index (χ0n) is 8.08. The highest BCUT2D eigenvalue weighted by Crippen LogP contribution is 2.15. The summed E-state index contributed by atoms with van der Waals surface area (Å²) in [7, 11) is 0. The SMILES string of the molecule is CC(C)=C(C)CCC(C)CCl. The van der Waals surface area contributed by atoms with Gasteiger partial charge in [-0.15, -0.1) is 11.6 Å². The van der Waals surface area contributed by atoms with Crippen LogP contribution in [0.4, 0.5) is 0 Å². The Morgan fingerprint density at radius 2 is 1.82 bits per heavy atom. The van der Waals surface area contributed by atoms with Gasteiger partial charge in [-0.05, 0) is 39.5 Å². The number of hydrogen-bond donors (Lipinski definition) is 0. The van der Waals surface area contributed by atoms with Crippen LogP contribution in [0.5, 0.6) is 0 Å². The van der Waals surface area contributed by atoms with E-state index in [2.05, 4.69) is 27.7 Å². The van der Waals surface area contributed by atoms with Gasteiger partial charge in [-0.2, -0.15) is 0 Å². The summed E-state index contributed by atoms with van der Waals surface area (Å²) >= 11 is 5.70. The van der Waals surface area contributed by atoms with Crippen molar-refractivity contribution >= 4 is 11.6 Å². The van der Waals surface area contributed by atoms with Crippen molar-refractivity contribution in [3.63, 3.8) is 0 Å². The van der Waals surface area contributed by atoms with E-state index in [1.54, 1.807) is 0 Å². The van der Waals surface area contributed by atoms with Gasteiger partial charge in [0.15, 0.2) is 0 Å². The fourth-order valence-electron chi connectivity index (χ4n) is 0.790. The second kappa shape index (κ2) is 5.65. The number of halogens is 1. The molecule has 0 N–H and O–H groups in total. The summed E-state index contributed by atoms with van der Waals surface area (Å²) in [4.78, 5) is 0. The molecule has 1 atom stereocenters. The lowest BCUT2D eigenvalue weighted by atomic mass is 10.0. The van der Waals surface area contributed by atoms with Crippen molar-refractivity contribution in [2.24, 2.45) is 5.92 Å². The average molecular weight is 175 g/mol. The molecule has 0 aromatic rings. The van der Waals surface area contributed by atoms with Gasteiger partial charge in [0.25, 0.3) is 0 Å². The van der Waals surface area contributed by atoms with Gasteiger partial charge in [-0.25, -0.2) is 0 Å². The molecule has 0 fully saturated rings. The lowest BCUT2D eigenvalue weighted by Gasteiger charge is -2.07. The highest BCUT2D eigenvalue weighted by Gasteiger charge is 2.00. The van der Waals surface area contributed by atoms with Crippen LogP contribution in [0, 0.1) is 5.92 Å². The van der Waals surface area contributed by atoms with E-state index in [-0.39, 0.29) is 0 Å². The van der Waals surface area contributed by atoms with Crippen molar-refractivity contribution < 1.29 is 0 Å². The largest absolute Gasteiger partial charge is 0.126 e. The molecular weight excluding hydrogens is 156 g/mol. The third-order valence-electron chi connectivity index (χ3n) is 2.13. The van der Waals surface area contributed by atoms with Gasteiger partial charge >= 0.3 is 0 Å². The summed E-state index contributed by atoms with van der Waals surface area (Å²) in [5.74, 6) is 1.45. The number of allylic oxidation sites excluding steroid dienone is 2. The van der Waals surface area contributed by atoms with Gasteiger partial charge in [-0.1, -0.05) is 18.1 Å². The fourth-order valence-corrected chi connectivity index (χ4v) is 0.944. The van der Waals surface area contributed by atoms with Crippen molar-refractivity contribution in [2.45, 2.75) is 40.5 Å². The molecule has 1 unspecified atom stereocenters. The molecule has 0 heterocycles. The normalized spacial score (nSPS) is 12.8. The third-order valence-corrected chi connectivity index (χ3v) is 2.66. The van der Waals surface area contributed by atoms with Crippen LogP contribution in [0.3, 0.4) is 0 Å². The van der Waals surface area contributed by atoms with Crippen LogP contribution in [-0.2, 0) is 0 Å². The smallest absolute Gasteiger partial charge is 0.0249 e. The molecular formula is C10H19Cl. The molecule has 0 spiro atoms. The molecule has 11 heavy (non-hydrogen) atoms. The van der Waals surface area contributed by atoms with Crippen LogP contribution in [0.25, 0.3) is 0 Å². The van der Waals surface area contributed by atoms with Crippen molar-refractivity contribution in [3.05, 3.63) is 11.1 Å². The second-order valence-electron chi connectivity index (χ2n) is 3.58. The molecule has 0 aromatic carbocycles. The van der Waals surface area contributed by atoms with Gasteiger partial charge in [0, 0.05) is 5.88 Å². The van der Waals surface area contributed by atoms with Crippen molar-refractivity contribution in [2.75, 3.05) is 5.88 Å². The minimum absolute atomic E-state index is 0.658. The zero-order chi connectivity index (χ0) is 8.85. The number of rotatable bonds is 4. The predicted octanol–water partition coefficient (Wildman–Crippen LogP) is 4.00. The van der Waals surface area contributed by atoms with E-state index >= 15 is 0 Å². The van der Waals surface area contributed by atoms with Crippen LogP contribution < -0.4 is 0 Å². The predicted molar refractivity (Wildman–Crippen MR) is 53.2 cm³/mol. The van der Waals surface area contributed by atoms with Crippen LogP contribution in [-0.4, -0.2) is 5.88 Å². The van der Waals surface area contributed by atoms with E-state index in [1.807, 2.05) is 0 Å². The standard InChI is InChI=1S/C10H19Cl/c1-8(2)10(4)6-5-9(3)7-11/h9H,5-7H2,1-4H3. The number of hydrogen-bond acceptors (Lipinski definition) is 0. The van der Waals surface area contributed by atoms with E-state index in [9.17, 15) is 0 Å². The molecule has 0 rings (SSSR count). The first-order chi connectivity index (χ1) is 5.07. The van der Waals surface area contributed by atoms with Crippen molar-refractivity contribution in [1.29, 1.82) is 0 Å². The Kier molecular flexibility index (Phi) is 5.67. The van der Waals surface area contributed by atoms with E-state index in [0.717, 1.165) is 5.88 Å². The van der Waals surface area contributed by atoms with Gasteiger partial charge in [0.05, 0.1) is 0 Å². The zero-order valence-corrected chi connectivity index (χ0v) is 8.83. The Hall–Kier alpha value is 0.0300. The quantitative estimate of drug-likeness (QED) is 0.447. The summed E-state index contributed by atoms with van der Waals surface area (Å²) in [5, 5.41) is 0. The Balaban J connectivity index is 3.63. The molecule has 0 saturated carbocycles. The summed E-state index contributed by atoms with van der Waals surface area (Å²) in [5.41, 5.74) is 2.97. The van der Waals surface area contributed by atoms with Gasteiger partial charge < -0.3 is 0 Å². The maximum absolute atomic E-state index is 5.70. The molecule has 0 nitrogen and oxygen atoms in total. The molecule has 0 aromatic heterocycles.